The molecule has 0 aliphatic heterocycles. The summed E-state index contributed by atoms with van der Waals surface area (Å²) in [6.45, 7) is 0. The minimum atomic E-state index is -1.03. The number of ether oxygens (including phenoxy) is 1. The van der Waals surface area contributed by atoms with Gasteiger partial charge in [0.2, 0.25) is 0 Å². The van der Waals surface area contributed by atoms with Gasteiger partial charge in [-0.25, -0.2) is 8.78 Å². The quantitative estimate of drug-likeness (QED) is 0.618. The lowest BCUT2D eigenvalue weighted by Crippen LogP contribution is -2.02. The number of benzene rings is 2. The van der Waals surface area contributed by atoms with Crippen LogP contribution in [-0.4, -0.2) is 7.11 Å². The fourth-order valence-corrected chi connectivity index (χ4v) is 3.02. The van der Waals surface area contributed by atoms with E-state index in [9.17, 15) is 8.78 Å². The van der Waals surface area contributed by atoms with Gasteiger partial charge in [-0.1, -0.05) is 33.6 Å². The summed E-state index contributed by atoms with van der Waals surface area (Å²) in [7, 11) is 1.33. The van der Waals surface area contributed by atoms with Crippen molar-refractivity contribution in [3.8, 4) is 5.75 Å². The number of hydrogen-bond acceptors (Lipinski definition) is 1. The van der Waals surface area contributed by atoms with Crippen LogP contribution < -0.4 is 4.74 Å². The van der Waals surface area contributed by atoms with E-state index in [4.69, 9.17) is 27.9 Å². The summed E-state index contributed by atoms with van der Waals surface area (Å²) in [5.74, 6) is -1.46. The van der Waals surface area contributed by atoms with Crippen LogP contribution in [0.1, 0.15) is 16.5 Å². The average Bonchev–Trinajstić information content (AvgIpc) is 2.37. The highest BCUT2D eigenvalue weighted by Crippen LogP contribution is 2.38. The Morgan fingerprint density at radius 1 is 1.15 bits per heavy atom. The van der Waals surface area contributed by atoms with Crippen molar-refractivity contribution < 1.29 is 13.5 Å². The van der Waals surface area contributed by atoms with Gasteiger partial charge in [0, 0.05) is 27.2 Å². The predicted molar refractivity (Wildman–Crippen MR) is 79.8 cm³/mol. The topological polar surface area (TPSA) is 9.23 Å². The second-order valence-corrected chi connectivity index (χ2v) is 5.79. The van der Waals surface area contributed by atoms with Crippen molar-refractivity contribution >= 4 is 39.1 Å². The second kappa shape index (κ2) is 6.29. The van der Waals surface area contributed by atoms with Crippen LogP contribution in [0, 0.1) is 11.6 Å². The largest absolute Gasteiger partial charge is 0.497 e. The Hall–Kier alpha value is -0.840. The fraction of sp³-hybridized carbons (Fsp3) is 0.143. The van der Waals surface area contributed by atoms with E-state index < -0.39 is 17.0 Å². The molecule has 0 amide bonds. The summed E-state index contributed by atoms with van der Waals surface area (Å²) in [6, 6.07) is 7.11. The van der Waals surface area contributed by atoms with E-state index in [-0.39, 0.29) is 11.3 Å². The summed E-state index contributed by atoms with van der Waals surface area (Å²) in [5.41, 5.74) is 0.177. The van der Waals surface area contributed by atoms with Gasteiger partial charge >= 0.3 is 0 Å². The molecule has 0 saturated heterocycles. The second-order valence-electron chi connectivity index (χ2n) is 4.03. The lowest BCUT2D eigenvalue weighted by Gasteiger charge is -2.15. The summed E-state index contributed by atoms with van der Waals surface area (Å²) in [5, 5.41) is -0.699. The van der Waals surface area contributed by atoms with Gasteiger partial charge in [0.15, 0.2) is 0 Å². The maximum absolute atomic E-state index is 14.0. The van der Waals surface area contributed by atoms with Gasteiger partial charge in [-0.3, -0.25) is 0 Å². The van der Waals surface area contributed by atoms with Crippen molar-refractivity contribution in [3.63, 3.8) is 0 Å². The SMILES string of the molecule is COc1cc(F)c(C(Cl)c2ccc(Br)cc2Cl)c(F)c1. The van der Waals surface area contributed by atoms with Crippen molar-refractivity contribution in [2.24, 2.45) is 0 Å². The van der Waals surface area contributed by atoms with Gasteiger partial charge in [0.25, 0.3) is 0 Å². The average molecular weight is 382 g/mol. The summed E-state index contributed by atoms with van der Waals surface area (Å²) in [4.78, 5) is 0. The Balaban J connectivity index is 2.50. The van der Waals surface area contributed by atoms with E-state index in [0.29, 0.717) is 10.6 Å². The van der Waals surface area contributed by atoms with Crippen molar-refractivity contribution in [2.75, 3.05) is 7.11 Å². The third-order valence-electron chi connectivity index (χ3n) is 2.78. The number of methoxy groups -OCH3 is 1. The van der Waals surface area contributed by atoms with Gasteiger partial charge in [-0.2, -0.15) is 0 Å². The first-order valence-electron chi connectivity index (χ1n) is 5.56. The third kappa shape index (κ3) is 3.08. The number of halogens is 5. The van der Waals surface area contributed by atoms with Crippen LogP contribution >= 0.6 is 39.1 Å². The number of rotatable bonds is 3. The Labute approximate surface area is 133 Å². The molecule has 0 aromatic heterocycles. The van der Waals surface area contributed by atoms with Crippen LogP contribution in [0.2, 0.25) is 5.02 Å². The number of hydrogen-bond donors (Lipinski definition) is 0. The molecule has 0 N–H and O–H groups in total. The molecule has 2 rings (SSSR count). The highest BCUT2D eigenvalue weighted by Gasteiger charge is 2.23. The van der Waals surface area contributed by atoms with E-state index in [1.807, 2.05) is 0 Å². The molecule has 1 atom stereocenters. The van der Waals surface area contributed by atoms with Crippen molar-refractivity contribution in [3.05, 3.63) is 62.6 Å². The highest BCUT2D eigenvalue weighted by molar-refractivity contribution is 9.10. The maximum atomic E-state index is 14.0. The molecule has 0 radical (unpaired) electrons. The molecule has 0 aliphatic rings. The zero-order valence-corrected chi connectivity index (χ0v) is 13.4. The Morgan fingerprint density at radius 3 is 2.25 bits per heavy atom. The standard InChI is InChI=1S/C14H9BrCl2F2O/c1-20-8-5-11(18)13(12(19)6-8)14(17)9-3-2-7(15)4-10(9)16/h2-6,14H,1H3. The van der Waals surface area contributed by atoms with E-state index in [1.165, 1.54) is 7.11 Å². The molecule has 106 valence electrons. The first-order valence-corrected chi connectivity index (χ1v) is 7.16. The Kier molecular flexibility index (Phi) is 4.89. The Bertz CT molecular complexity index is 626. The summed E-state index contributed by atoms with van der Waals surface area (Å²) < 4.78 is 33.5. The monoisotopic (exact) mass is 380 g/mol. The van der Waals surface area contributed by atoms with Crippen LogP contribution in [0.5, 0.6) is 5.75 Å². The molecule has 20 heavy (non-hydrogen) atoms. The van der Waals surface area contributed by atoms with Crippen LogP contribution in [0.15, 0.2) is 34.8 Å². The fourth-order valence-electron chi connectivity index (χ4n) is 1.78. The van der Waals surface area contributed by atoms with Crippen molar-refractivity contribution in [1.29, 1.82) is 0 Å². The molecule has 0 fully saturated rings. The summed E-state index contributed by atoms with van der Waals surface area (Å²) >= 11 is 15.5. The first kappa shape index (κ1) is 15.5. The highest BCUT2D eigenvalue weighted by atomic mass is 79.9. The van der Waals surface area contributed by atoms with Gasteiger partial charge < -0.3 is 4.74 Å². The number of alkyl halides is 1. The van der Waals surface area contributed by atoms with Crippen LogP contribution in [-0.2, 0) is 0 Å². The normalized spacial score (nSPS) is 12.3. The van der Waals surface area contributed by atoms with Gasteiger partial charge in [0.1, 0.15) is 17.4 Å². The van der Waals surface area contributed by atoms with Gasteiger partial charge in [-0.05, 0) is 17.7 Å². The first-order chi connectivity index (χ1) is 9.43. The van der Waals surface area contributed by atoms with Crippen LogP contribution in [0.25, 0.3) is 0 Å². The molecular formula is C14H9BrCl2F2O. The van der Waals surface area contributed by atoms with Crippen molar-refractivity contribution in [1.82, 2.24) is 0 Å². The molecule has 0 bridgehead atoms. The molecule has 0 aliphatic carbocycles. The lowest BCUT2D eigenvalue weighted by molar-refractivity contribution is 0.405. The van der Waals surface area contributed by atoms with Crippen LogP contribution in [0.3, 0.4) is 0 Å². The van der Waals surface area contributed by atoms with E-state index >= 15 is 0 Å². The smallest absolute Gasteiger partial charge is 0.134 e. The van der Waals surface area contributed by atoms with Crippen LogP contribution in [0.4, 0.5) is 8.78 Å². The molecule has 1 nitrogen and oxygen atoms in total. The molecule has 1 unspecified atom stereocenters. The zero-order valence-electron chi connectivity index (χ0n) is 10.3. The molecule has 6 heteroatoms. The molecule has 0 spiro atoms. The molecule has 0 saturated carbocycles. The lowest BCUT2D eigenvalue weighted by atomic mass is 10.0. The molecular weight excluding hydrogens is 373 g/mol. The van der Waals surface area contributed by atoms with Crippen molar-refractivity contribution in [2.45, 2.75) is 5.38 Å². The minimum absolute atomic E-state index is 0.0921. The molecule has 2 aromatic rings. The third-order valence-corrected chi connectivity index (χ3v) is 4.05. The predicted octanol–water partition coefficient (Wildman–Crippen LogP) is 5.72. The Morgan fingerprint density at radius 2 is 1.75 bits per heavy atom. The zero-order chi connectivity index (χ0) is 14.9. The molecule has 0 heterocycles. The maximum Gasteiger partial charge on any atom is 0.134 e. The minimum Gasteiger partial charge on any atom is -0.497 e. The molecule has 2 aromatic carbocycles. The van der Waals surface area contributed by atoms with E-state index in [0.717, 1.165) is 16.6 Å². The van der Waals surface area contributed by atoms with Gasteiger partial charge in [-0.15, -0.1) is 11.6 Å². The summed E-state index contributed by atoms with van der Waals surface area (Å²) in [6.07, 6.45) is 0. The van der Waals surface area contributed by atoms with Gasteiger partial charge in [0.05, 0.1) is 12.5 Å². The van der Waals surface area contributed by atoms with E-state index in [2.05, 4.69) is 15.9 Å². The van der Waals surface area contributed by atoms with E-state index in [1.54, 1.807) is 18.2 Å².